The fourth-order valence-electron chi connectivity index (χ4n) is 1.40. The fourth-order valence-corrected chi connectivity index (χ4v) is 1.40. The van der Waals surface area contributed by atoms with Gasteiger partial charge in [-0.2, -0.15) is 18.4 Å². The maximum absolute atomic E-state index is 12.5. The van der Waals surface area contributed by atoms with Gasteiger partial charge in [-0.15, -0.1) is 0 Å². The Kier molecular flexibility index (Phi) is 2.14. The van der Waals surface area contributed by atoms with E-state index in [2.05, 4.69) is 4.98 Å². The molecule has 0 radical (unpaired) electrons. The molecule has 1 fully saturated rings. The summed E-state index contributed by atoms with van der Waals surface area (Å²) in [6, 6.07) is 2.50. The molecule has 1 aliphatic carbocycles. The van der Waals surface area contributed by atoms with Gasteiger partial charge in [0.15, 0.2) is 0 Å². The number of nitrogens with zero attached hydrogens (tertiary/aromatic N) is 2. The van der Waals surface area contributed by atoms with Gasteiger partial charge in [0.1, 0.15) is 6.07 Å². The lowest BCUT2D eigenvalue weighted by Gasteiger charge is -2.09. The van der Waals surface area contributed by atoms with Crippen LogP contribution < -0.4 is 0 Å². The Balaban J connectivity index is 2.48. The topological polar surface area (TPSA) is 36.7 Å². The second-order valence-electron chi connectivity index (χ2n) is 3.54. The second-order valence-corrected chi connectivity index (χ2v) is 3.54. The summed E-state index contributed by atoms with van der Waals surface area (Å²) in [6.07, 6.45) is -1.69. The SMILES string of the molecule is N#Cc1cnc(C2CC2)cc1C(F)(F)F. The highest BCUT2D eigenvalue weighted by Crippen LogP contribution is 2.41. The molecule has 78 valence electrons. The van der Waals surface area contributed by atoms with E-state index >= 15 is 0 Å². The Morgan fingerprint density at radius 1 is 1.40 bits per heavy atom. The van der Waals surface area contributed by atoms with Gasteiger partial charge in [0.05, 0.1) is 11.1 Å². The number of halogens is 3. The molecule has 0 N–H and O–H groups in total. The molecular weight excluding hydrogens is 205 g/mol. The van der Waals surface area contributed by atoms with Gasteiger partial charge in [0.2, 0.25) is 0 Å². The minimum absolute atomic E-state index is 0.152. The molecule has 5 heteroatoms. The lowest BCUT2D eigenvalue weighted by molar-refractivity contribution is -0.137. The van der Waals surface area contributed by atoms with Crippen molar-refractivity contribution in [2.45, 2.75) is 24.9 Å². The predicted molar refractivity (Wildman–Crippen MR) is 45.9 cm³/mol. The van der Waals surface area contributed by atoms with Crippen molar-refractivity contribution in [2.75, 3.05) is 0 Å². The van der Waals surface area contributed by atoms with E-state index < -0.39 is 17.3 Å². The molecule has 0 atom stereocenters. The van der Waals surface area contributed by atoms with Gasteiger partial charge < -0.3 is 0 Å². The monoisotopic (exact) mass is 212 g/mol. The summed E-state index contributed by atoms with van der Waals surface area (Å²) < 4.78 is 37.6. The molecule has 2 rings (SSSR count). The zero-order valence-electron chi connectivity index (χ0n) is 7.67. The van der Waals surface area contributed by atoms with Gasteiger partial charge in [-0.3, -0.25) is 4.98 Å². The second kappa shape index (κ2) is 3.23. The summed E-state index contributed by atoms with van der Waals surface area (Å²) in [4.78, 5) is 3.86. The first-order valence-corrected chi connectivity index (χ1v) is 4.49. The van der Waals surface area contributed by atoms with Gasteiger partial charge in [-0.05, 0) is 18.9 Å². The van der Waals surface area contributed by atoms with Crippen molar-refractivity contribution in [3.05, 3.63) is 29.1 Å². The molecule has 1 aromatic rings. The standard InChI is InChI=1S/C10H7F3N2/c11-10(12,13)8-3-9(6-1-2-6)15-5-7(8)4-14/h3,5-6H,1-2H2. The summed E-state index contributed by atoms with van der Waals surface area (Å²) in [6.45, 7) is 0. The summed E-state index contributed by atoms with van der Waals surface area (Å²) in [5.41, 5.74) is -0.838. The van der Waals surface area contributed by atoms with Crippen LogP contribution in [0.15, 0.2) is 12.3 Å². The van der Waals surface area contributed by atoms with Gasteiger partial charge in [0.25, 0.3) is 0 Å². The van der Waals surface area contributed by atoms with E-state index in [1.807, 2.05) is 0 Å². The average Bonchev–Trinajstić information content (AvgIpc) is 2.98. The highest BCUT2D eigenvalue weighted by atomic mass is 19.4. The first-order chi connectivity index (χ1) is 7.02. The van der Waals surface area contributed by atoms with Crippen LogP contribution in [0.25, 0.3) is 0 Å². The number of pyridine rings is 1. The third-order valence-electron chi connectivity index (χ3n) is 2.35. The van der Waals surface area contributed by atoms with Crippen LogP contribution in [-0.4, -0.2) is 4.98 Å². The molecule has 0 aromatic carbocycles. The fraction of sp³-hybridized carbons (Fsp3) is 0.400. The highest BCUT2D eigenvalue weighted by molar-refractivity contribution is 5.39. The Labute approximate surface area is 84.4 Å². The smallest absolute Gasteiger partial charge is 0.260 e. The summed E-state index contributed by atoms with van der Waals surface area (Å²) >= 11 is 0. The minimum Gasteiger partial charge on any atom is -0.260 e. The lowest BCUT2D eigenvalue weighted by atomic mass is 10.1. The van der Waals surface area contributed by atoms with Crippen molar-refractivity contribution < 1.29 is 13.2 Å². The minimum atomic E-state index is -4.47. The number of aromatic nitrogens is 1. The Bertz CT molecular complexity index is 427. The van der Waals surface area contributed by atoms with E-state index in [1.165, 1.54) is 6.07 Å². The summed E-state index contributed by atoms with van der Waals surface area (Å²) in [5, 5.41) is 8.54. The van der Waals surface area contributed by atoms with Crippen LogP contribution in [0.3, 0.4) is 0 Å². The third-order valence-corrected chi connectivity index (χ3v) is 2.35. The van der Waals surface area contributed by atoms with Crippen LogP contribution >= 0.6 is 0 Å². The molecule has 1 aromatic heterocycles. The molecule has 1 heterocycles. The zero-order chi connectivity index (χ0) is 11.1. The number of hydrogen-bond donors (Lipinski definition) is 0. The Morgan fingerprint density at radius 3 is 2.53 bits per heavy atom. The van der Waals surface area contributed by atoms with Crippen LogP contribution in [-0.2, 0) is 6.18 Å². The van der Waals surface area contributed by atoms with Crippen molar-refractivity contribution >= 4 is 0 Å². The first-order valence-electron chi connectivity index (χ1n) is 4.49. The number of hydrogen-bond acceptors (Lipinski definition) is 2. The van der Waals surface area contributed by atoms with Crippen molar-refractivity contribution in [2.24, 2.45) is 0 Å². The van der Waals surface area contributed by atoms with Gasteiger partial charge in [-0.1, -0.05) is 0 Å². The van der Waals surface area contributed by atoms with E-state index in [-0.39, 0.29) is 5.92 Å². The maximum Gasteiger partial charge on any atom is 0.417 e. The molecule has 0 spiro atoms. The molecule has 15 heavy (non-hydrogen) atoms. The van der Waals surface area contributed by atoms with E-state index in [1.54, 1.807) is 0 Å². The Morgan fingerprint density at radius 2 is 2.07 bits per heavy atom. The van der Waals surface area contributed by atoms with Crippen molar-refractivity contribution in [1.82, 2.24) is 4.98 Å². The summed E-state index contributed by atoms with van der Waals surface area (Å²) in [5.74, 6) is 0.152. The molecule has 2 nitrogen and oxygen atoms in total. The van der Waals surface area contributed by atoms with Gasteiger partial charge in [0, 0.05) is 17.8 Å². The van der Waals surface area contributed by atoms with Crippen molar-refractivity contribution in [1.29, 1.82) is 5.26 Å². The van der Waals surface area contributed by atoms with E-state index in [9.17, 15) is 13.2 Å². The molecule has 0 saturated heterocycles. The van der Waals surface area contributed by atoms with Gasteiger partial charge >= 0.3 is 6.18 Å². The van der Waals surface area contributed by atoms with E-state index in [4.69, 9.17) is 5.26 Å². The zero-order valence-corrected chi connectivity index (χ0v) is 7.67. The molecule has 0 unspecified atom stereocenters. The predicted octanol–water partition coefficient (Wildman–Crippen LogP) is 2.85. The summed E-state index contributed by atoms with van der Waals surface area (Å²) in [7, 11) is 0. The van der Waals surface area contributed by atoms with Crippen LogP contribution in [0.1, 0.15) is 35.6 Å². The molecule has 0 amide bonds. The molecule has 0 aliphatic heterocycles. The average molecular weight is 212 g/mol. The Hall–Kier alpha value is -1.57. The largest absolute Gasteiger partial charge is 0.417 e. The molecular formula is C10H7F3N2. The van der Waals surface area contributed by atoms with Crippen LogP contribution in [0, 0.1) is 11.3 Å². The molecule has 1 saturated carbocycles. The van der Waals surface area contributed by atoms with Gasteiger partial charge in [-0.25, -0.2) is 0 Å². The highest BCUT2D eigenvalue weighted by Gasteiger charge is 2.36. The number of alkyl halides is 3. The van der Waals surface area contributed by atoms with Crippen LogP contribution in [0.5, 0.6) is 0 Å². The van der Waals surface area contributed by atoms with Crippen LogP contribution in [0.4, 0.5) is 13.2 Å². The quantitative estimate of drug-likeness (QED) is 0.717. The molecule has 0 bridgehead atoms. The maximum atomic E-state index is 12.5. The van der Waals surface area contributed by atoms with E-state index in [0.29, 0.717) is 5.69 Å². The van der Waals surface area contributed by atoms with E-state index in [0.717, 1.165) is 25.1 Å². The molecule has 1 aliphatic rings. The first kappa shape index (κ1) is 9.97. The van der Waals surface area contributed by atoms with Crippen molar-refractivity contribution in [3.63, 3.8) is 0 Å². The lowest BCUT2D eigenvalue weighted by Crippen LogP contribution is -2.09. The normalized spacial score (nSPS) is 16.1. The number of nitriles is 1. The third kappa shape index (κ3) is 1.94. The number of rotatable bonds is 1. The van der Waals surface area contributed by atoms with Crippen LogP contribution in [0.2, 0.25) is 0 Å². The van der Waals surface area contributed by atoms with Crippen molar-refractivity contribution in [3.8, 4) is 6.07 Å².